The lowest BCUT2D eigenvalue weighted by Gasteiger charge is -2.09. The average Bonchev–Trinajstić information content (AvgIpc) is 2.17. The van der Waals surface area contributed by atoms with E-state index in [-0.39, 0.29) is 22.7 Å². The quantitative estimate of drug-likeness (QED) is 0.484. The third-order valence-corrected chi connectivity index (χ3v) is 2.77. The molecule has 76 valence electrons. The summed E-state index contributed by atoms with van der Waals surface area (Å²) in [6.45, 7) is 0. The van der Waals surface area contributed by atoms with E-state index in [4.69, 9.17) is 11.6 Å². The van der Waals surface area contributed by atoms with Crippen molar-refractivity contribution in [3.8, 4) is 0 Å². The van der Waals surface area contributed by atoms with Gasteiger partial charge in [0.05, 0.1) is 17.1 Å². The van der Waals surface area contributed by atoms with Gasteiger partial charge < -0.3 is 0 Å². The summed E-state index contributed by atoms with van der Waals surface area (Å²) in [5, 5.41) is 0. The summed E-state index contributed by atoms with van der Waals surface area (Å²) < 4.78 is 25.6. The minimum atomic E-state index is -2.73. The van der Waals surface area contributed by atoms with Gasteiger partial charge in [0.25, 0.3) is 6.43 Å². The molecule has 1 rings (SSSR count). The SMILES string of the molecule is O=Cc1c(I)cnc(CCl)c1C(F)F. The predicted molar refractivity (Wildman–Crippen MR) is 56.9 cm³/mol. The van der Waals surface area contributed by atoms with Crippen LogP contribution in [0.5, 0.6) is 0 Å². The Bertz CT molecular complexity index is 359. The molecule has 0 aromatic carbocycles. The van der Waals surface area contributed by atoms with Crippen molar-refractivity contribution < 1.29 is 13.6 Å². The summed E-state index contributed by atoms with van der Waals surface area (Å²) in [7, 11) is 0. The Labute approximate surface area is 97.8 Å². The first kappa shape index (κ1) is 11.8. The highest BCUT2D eigenvalue weighted by Crippen LogP contribution is 2.28. The van der Waals surface area contributed by atoms with Gasteiger partial charge in [-0.2, -0.15) is 0 Å². The van der Waals surface area contributed by atoms with E-state index in [0.717, 1.165) is 0 Å². The largest absolute Gasteiger partial charge is 0.298 e. The molecule has 0 amide bonds. The first-order chi connectivity index (χ1) is 6.61. The zero-order chi connectivity index (χ0) is 10.7. The monoisotopic (exact) mass is 331 g/mol. The summed E-state index contributed by atoms with van der Waals surface area (Å²) >= 11 is 7.23. The molecule has 14 heavy (non-hydrogen) atoms. The smallest absolute Gasteiger partial charge is 0.266 e. The van der Waals surface area contributed by atoms with Gasteiger partial charge in [0.15, 0.2) is 6.29 Å². The number of rotatable bonds is 3. The Hall–Kier alpha value is -0.300. The third-order valence-electron chi connectivity index (χ3n) is 1.65. The van der Waals surface area contributed by atoms with E-state index in [9.17, 15) is 13.6 Å². The highest BCUT2D eigenvalue weighted by molar-refractivity contribution is 14.1. The van der Waals surface area contributed by atoms with Crippen LogP contribution in [0.4, 0.5) is 8.78 Å². The molecule has 0 aliphatic rings. The first-order valence-electron chi connectivity index (χ1n) is 3.58. The lowest BCUT2D eigenvalue weighted by molar-refractivity contribution is 0.110. The Morgan fingerprint density at radius 2 is 2.29 bits per heavy atom. The molecule has 2 nitrogen and oxygen atoms in total. The van der Waals surface area contributed by atoms with Crippen LogP contribution in [0, 0.1) is 3.57 Å². The van der Waals surface area contributed by atoms with Crippen molar-refractivity contribution in [3.05, 3.63) is 26.6 Å². The summed E-state index contributed by atoms with van der Waals surface area (Å²) in [4.78, 5) is 14.4. The Kier molecular flexibility index (Phi) is 4.18. The summed E-state index contributed by atoms with van der Waals surface area (Å²) in [5.41, 5.74) is -0.322. The van der Waals surface area contributed by atoms with Crippen LogP contribution < -0.4 is 0 Å². The number of carbonyl (C=O) groups is 1. The number of halogens is 4. The van der Waals surface area contributed by atoms with Gasteiger partial charge in [-0.1, -0.05) is 0 Å². The van der Waals surface area contributed by atoms with Gasteiger partial charge in [0, 0.05) is 15.3 Å². The average molecular weight is 331 g/mol. The number of hydrogen-bond donors (Lipinski definition) is 0. The van der Waals surface area contributed by atoms with E-state index in [1.165, 1.54) is 6.20 Å². The molecule has 1 aromatic heterocycles. The molecular weight excluding hydrogens is 326 g/mol. The number of hydrogen-bond acceptors (Lipinski definition) is 2. The summed E-state index contributed by atoms with van der Waals surface area (Å²) in [6, 6.07) is 0. The Morgan fingerprint density at radius 1 is 1.64 bits per heavy atom. The molecule has 0 unspecified atom stereocenters. The van der Waals surface area contributed by atoms with Crippen molar-refractivity contribution in [1.29, 1.82) is 0 Å². The molecule has 0 atom stereocenters. The van der Waals surface area contributed by atoms with Crippen molar-refractivity contribution in [2.24, 2.45) is 0 Å². The number of aldehydes is 1. The number of alkyl halides is 3. The van der Waals surface area contributed by atoms with Gasteiger partial charge in [-0.25, -0.2) is 8.78 Å². The standard InChI is InChI=1S/C8H5ClF2INO/c9-1-6-7(8(10)11)4(3-14)5(12)2-13-6/h2-3,8H,1H2. The molecule has 0 spiro atoms. The molecule has 0 aliphatic heterocycles. The first-order valence-corrected chi connectivity index (χ1v) is 5.19. The van der Waals surface area contributed by atoms with Crippen molar-refractivity contribution in [3.63, 3.8) is 0 Å². The van der Waals surface area contributed by atoms with Crippen LogP contribution in [0.1, 0.15) is 28.0 Å². The van der Waals surface area contributed by atoms with Crippen LogP contribution in [0.2, 0.25) is 0 Å². The molecule has 0 aliphatic carbocycles. The molecule has 0 saturated heterocycles. The van der Waals surface area contributed by atoms with Crippen molar-refractivity contribution in [2.45, 2.75) is 12.3 Å². The summed E-state index contributed by atoms with van der Waals surface area (Å²) in [6.07, 6.45) is -0.972. The minimum absolute atomic E-state index is 0.0220. The fourth-order valence-electron chi connectivity index (χ4n) is 1.03. The molecule has 1 heterocycles. The topological polar surface area (TPSA) is 30.0 Å². The van der Waals surface area contributed by atoms with Gasteiger partial charge in [-0.3, -0.25) is 9.78 Å². The van der Waals surface area contributed by atoms with Gasteiger partial charge in [-0.15, -0.1) is 11.6 Å². The zero-order valence-corrected chi connectivity index (χ0v) is 9.72. The van der Waals surface area contributed by atoms with Crippen LogP contribution in [0.15, 0.2) is 6.20 Å². The van der Waals surface area contributed by atoms with Crippen LogP contribution in [-0.2, 0) is 5.88 Å². The minimum Gasteiger partial charge on any atom is -0.298 e. The Balaban J connectivity index is 3.43. The number of aromatic nitrogens is 1. The predicted octanol–water partition coefficient (Wildman–Crippen LogP) is 3.18. The molecule has 1 aromatic rings. The molecule has 0 bridgehead atoms. The van der Waals surface area contributed by atoms with E-state index in [1.54, 1.807) is 22.6 Å². The maximum atomic E-state index is 12.6. The number of carbonyl (C=O) groups excluding carboxylic acids is 1. The molecule has 0 saturated carbocycles. The number of pyridine rings is 1. The van der Waals surface area contributed by atoms with E-state index in [2.05, 4.69) is 4.98 Å². The maximum Gasteiger partial charge on any atom is 0.266 e. The van der Waals surface area contributed by atoms with Crippen molar-refractivity contribution >= 4 is 40.5 Å². The lowest BCUT2D eigenvalue weighted by atomic mass is 10.1. The third kappa shape index (κ3) is 2.20. The van der Waals surface area contributed by atoms with E-state index in [0.29, 0.717) is 9.86 Å². The second kappa shape index (κ2) is 4.97. The molecule has 0 radical (unpaired) electrons. The van der Waals surface area contributed by atoms with Crippen LogP contribution in [0.25, 0.3) is 0 Å². The Morgan fingerprint density at radius 3 is 2.71 bits per heavy atom. The van der Waals surface area contributed by atoms with E-state index in [1.807, 2.05) is 0 Å². The van der Waals surface area contributed by atoms with Gasteiger partial charge in [-0.05, 0) is 22.6 Å². The van der Waals surface area contributed by atoms with Crippen molar-refractivity contribution in [2.75, 3.05) is 0 Å². The van der Waals surface area contributed by atoms with Gasteiger partial charge in [0.1, 0.15) is 0 Å². The highest BCUT2D eigenvalue weighted by atomic mass is 127. The van der Waals surface area contributed by atoms with E-state index >= 15 is 0 Å². The fraction of sp³-hybridized carbons (Fsp3) is 0.250. The molecule has 0 fully saturated rings. The maximum absolute atomic E-state index is 12.6. The normalized spacial score (nSPS) is 10.6. The lowest BCUT2D eigenvalue weighted by Crippen LogP contribution is -2.04. The zero-order valence-electron chi connectivity index (χ0n) is 6.81. The number of nitrogens with zero attached hydrogens (tertiary/aromatic N) is 1. The molecular formula is C8H5ClF2INO. The molecule has 0 N–H and O–H groups in total. The highest BCUT2D eigenvalue weighted by Gasteiger charge is 2.20. The van der Waals surface area contributed by atoms with Gasteiger partial charge in [0.2, 0.25) is 0 Å². The van der Waals surface area contributed by atoms with Crippen LogP contribution in [0.3, 0.4) is 0 Å². The fourth-order valence-corrected chi connectivity index (χ4v) is 1.80. The van der Waals surface area contributed by atoms with Crippen molar-refractivity contribution in [1.82, 2.24) is 4.98 Å². The van der Waals surface area contributed by atoms with Crippen LogP contribution >= 0.6 is 34.2 Å². The summed E-state index contributed by atoms with van der Waals surface area (Å²) in [5.74, 6) is -0.128. The molecule has 6 heteroatoms. The van der Waals surface area contributed by atoms with E-state index < -0.39 is 6.43 Å². The second-order valence-corrected chi connectivity index (χ2v) is 3.86. The second-order valence-electron chi connectivity index (χ2n) is 2.43. The van der Waals surface area contributed by atoms with Crippen LogP contribution in [-0.4, -0.2) is 11.3 Å². The van der Waals surface area contributed by atoms with Gasteiger partial charge >= 0.3 is 0 Å².